The molecule has 1 aliphatic heterocycles. The summed E-state index contributed by atoms with van der Waals surface area (Å²) in [4.78, 5) is 33.0. The first-order valence-corrected chi connectivity index (χ1v) is 11.0. The van der Waals surface area contributed by atoms with Gasteiger partial charge in [-0.2, -0.15) is 4.98 Å². The van der Waals surface area contributed by atoms with Gasteiger partial charge in [-0.25, -0.2) is 14.4 Å². The maximum absolute atomic E-state index is 15.0. The van der Waals surface area contributed by atoms with Gasteiger partial charge in [-0.3, -0.25) is 14.8 Å². The summed E-state index contributed by atoms with van der Waals surface area (Å²) in [6.45, 7) is 1.98. The average Bonchev–Trinajstić information content (AvgIpc) is 3.24. The molecule has 0 spiro atoms. The van der Waals surface area contributed by atoms with Crippen molar-refractivity contribution in [3.05, 3.63) is 16.8 Å². The minimum atomic E-state index is -0.875. The van der Waals surface area contributed by atoms with Crippen molar-refractivity contribution in [3.63, 3.8) is 0 Å². The molecule has 172 valence electrons. The predicted octanol–water partition coefficient (Wildman–Crippen LogP) is 1.89. The number of anilines is 1. The number of nitrogens with zero attached hydrogens (tertiary/aromatic N) is 4. The molecule has 0 bridgehead atoms. The van der Waals surface area contributed by atoms with Crippen LogP contribution >= 0.6 is 11.6 Å². The van der Waals surface area contributed by atoms with E-state index in [-0.39, 0.29) is 49.4 Å². The van der Waals surface area contributed by atoms with E-state index in [9.17, 15) is 24.3 Å². The first kappa shape index (κ1) is 23.6. The second kappa shape index (κ2) is 10.1. The molecular formula is C20H29ClFN5O4. The monoisotopic (exact) mass is 457 g/mol. The van der Waals surface area contributed by atoms with Crippen LogP contribution in [0.3, 0.4) is 0 Å². The van der Waals surface area contributed by atoms with Gasteiger partial charge >= 0.3 is 0 Å². The summed E-state index contributed by atoms with van der Waals surface area (Å²) in [7, 11) is 0. The van der Waals surface area contributed by atoms with Gasteiger partial charge in [-0.05, 0) is 30.4 Å². The summed E-state index contributed by atoms with van der Waals surface area (Å²) < 4.78 is 15.0. The Morgan fingerprint density at radius 1 is 1.42 bits per heavy atom. The second-order valence-corrected chi connectivity index (χ2v) is 8.88. The van der Waals surface area contributed by atoms with Gasteiger partial charge in [0.1, 0.15) is 5.69 Å². The Labute approximate surface area is 185 Å². The van der Waals surface area contributed by atoms with Crippen LogP contribution in [0.5, 0.6) is 0 Å². The van der Waals surface area contributed by atoms with E-state index in [1.807, 2.05) is 6.92 Å². The van der Waals surface area contributed by atoms with Gasteiger partial charge in [0.25, 0.3) is 0 Å². The van der Waals surface area contributed by atoms with Gasteiger partial charge in [-0.15, -0.1) is 0 Å². The lowest BCUT2D eigenvalue weighted by Crippen LogP contribution is -2.62. The van der Waals surface area contributed by atoms with Gasteiger partial charge < -0.3 is 15.3 Å². The fourth-order valence-corrected chi connectivity index (χ4v) is 4.49. The number of amides is 2. The maximum atomic E-state index is 15.0. The van der Waals surface area contributed by atoms with Crippen LogP contribution in [0.15, 0.2) is 0 Å². The third kappa shape index (κ3) is 5.81. The van der Waals surface area contributed by atoms with E-state index < -0.39 is 23.2 Å². The van der Waals surface area contributed by atoms with Crippen molar-refractivity contribution in [2.24, 2.45) is 11.8 Å². The quantitative estimate of drug-likeness (QED) is 0.212. The lowest BCUT2D eigenvalue weighted by molar-refractivity contribution is -0.155. The van der Waals surface area contributed by atoms with E-state index in [2.05, 4.69) is 15.3 Å². The Kier molecular flexibility index (Phi) is 7.66. The van der Waals surface area contributed by atoms with Crippen molar-refractivity contribution >= 4 is 29.7 Å². The Morgan fingerprint density at radius 2 is 2.10 bits per heavy atom. The van der Waals surface area contributed by atoms with Crippen LogP contribution in [0, 0.1) is 17.7 Å². The molecule has 1 aliphatic carbocycles. The highest BCUT2D eigenvalue weighted by atomic mass is 35.5. The number of β-amino-alcohol motifs (C(OH)–C–C–N with tert-alkyl or cyclic N) is 1. The van der Waals surface area contributed by atoms with Crippen LogP contribution in [-0.2, 0) is 16.1 Å². The van der Waals surface area contributed by atoms with E-state index in [4.69, 9.17) is 11.6 Å². The molecule has 9 nitrogen and oxygen atoms in total. The summed E-state index contributed by atoms with van der Waals surface area (Å²) in [5, 5.41) is 22.7. The van der Waals surface area contributed by atoms with Gasteiger partial charge in [-0.1, -0.05) is 32.6 Å². The molecule has 1 atom stereocenters. The van der Waals surface area contributed by atoms with Crippen molar-refractivity contribution < 1.29 is 24.3 Å². The number of carbonyl (C=O) groups is 2. The normalized spacial score (nSPS) is 19.1. The lowest BCUT2D eigenvalue weighted by atomic mass is 9.91. The Hall–Kier alpha value is -2.04. The highest BCUT2D eigenvalue weighted by Crippen LogP contribution is 2.32. The molecule has 2 heterocycles. The third-order valence-electron chi connectivity index (χ3n) is 6.23. The van der Waals surface area contributed by atoms with Crippen molar-refractivity contribution in [2.45, 2.75) is 57.6 Å². The largest absolute Gasteiger partial charge is 0.386 e. The highest BCUT2D eigenvalue weighted by molar-refractivity contribution is 6.28. The number of halogens is 2. The van der Waals surface area contributed by atoms with Crippen LogP contribution in [0.2, 0.25) is 5.28 Å². The highest BCUT2D eigenvalue weighted by Gasteiger charge is 2.41. The van der Waals surface area contributed by atoms with Gasteiger partial charge in [0.15, 0.2) is 11.6 Å². The zero-order valence-electron chi connectivity index (χ0n) is 17.6. The molecule has 1 saturated heterocycles. The first-order valence-electron chi connectivity index (χ1n) is 10.6. The summed E-state index contributed by atoms with van der Waals surface area (Å²) in [5.41, 5.74) is -0.938. The van der Waals surface area contributed by atoms with Crippen molar-refractivity contribution in [2.75, 3.05) is 24.5 Å². The smallest absolute Gasteiger partial charge is 0.233 e. The minimum absolute atomic E-state index is 0.00707. The van der Waals surface area contributed by atoms with Crippen LogP contribution in [0.1, 0.15) is 51.1 Å². The van der Waals surface area contributed by atoms with E-state index >= 15 is 0 Å². The average molecular weight is 458 g/mol. The zero-order valence-corrected chi connectivity index (χ0v) is 18.3. The molecule has 0 radical (unpaired) electrons. The lowest BCUT2D eigenvalue weighted by Gasteiger charge is -2.46. The molecule has 31 heavy (non-hydrogen) atoms. The fraction of sp³-hybridized carbons (Fsp3) is 0.700. The molecule has 2 fully saturated rings. The van der Waals surface area contributed by atoms with Gasteiger partial charge in [0.2, 0.25) is 17.6 Å². The number of rotatable bonds is 10. The number of nitrogens with one attached hydrogen (secondary N) is 1. The maximum Gasteiger partial charge on any atom is 0.233 e. The molecule has 1 saturated carbocycles. The Morgan fingerprint density at radius 3 is 2.71 bits per heavy atom. The summed E-state index contributed by atoms with van der Waals surface area (Å²) in [6, 6.07) is 0. The first-order chi connectivity index (χ1) is 14.7. The van der Waals surface area contributed by atoms with Crippen LogP contribution < -0.4 is 10.2 Å². The number of hydrogen-bond donors (Lipinski definition) is 3. The Balaban J connectivity index is 1.66. The van der Waals surface area contributed by atoms with Crippen LogP contribution in [0.4, 0.5) is 10.2 Å². The summed E-state index contributed by atoms with van der Waals surface area (Å²) in [6.07, 6.45) is 5.57. The summed E-state index contributed by atoms with van der Waals surface area (Å²) >= 11 is 5.96. The number of hydrogen-bond acceptors (Lipinski definition) is 7. The molecule has 2 aliphatic rings. The Bertz CT molecular complexity index is 802. The standard InChI is InChI=1S/C20H29ClFN5O4/c1-2-20(30)10-26(11-20)17-16(22)15(24-19(21)25-17)8-23-18(29)14(9-27(31)12-28)7-13-5-3-4-6-13/h12-14,30-31H,2-11H2,1H3,(H,23,29)/t14-/m1/s1. The zero-order chi connectivity index (χ0) is 22.6. The second-order valence-electron chi connectivity index (χ2n) is 8.54. The van der Waals surface area contributed by atoms with E-state index in [1.54, 1.807) is 4.90 Å². The molecule has 0 aromatic carbocycles. The fourth-order valence-electron chi connectivity index (χ4n) is 4.31. The molecular weight excluding hydrogens is 429 g/mol. The van der Waals surface area contributed by atoms with E-state index in [0.29, 0.717) is 23.8 Å². The third-order valence-corrected chi connectivity index (χ3v) is 6.39. The van der Waals surface area contributed by atoms with Crippen molar-refractivity contribution in [3.8, 4) is 0 Å². The molecule has 1 aromatic rings. The predicted molar refractivity (Wildman–Crippen MR) is 111 cm³/mol. The topological polar surface area (TPSA) is 119 Å². The summed E-state index contributed by atoms with van der Waals surface area (Å²) in [5.74, 6) is -1.36. The van der Waals surface area contributed by atoms with Crippen LogP contribution in [0.25, 0.3) is 0 Å². The molecule has 3 N–H and O–H groups in total. The van der Waals surface area contributed by atoms with Crippen molar-refractivity contribution in [1.29, 1.82) is 0 Å². The van der Waals surface area contributed by atoms with Gasteiger partial charge in [0, 0.05) is 0 Å². The molecule has 3 rings (SSSR count). The van der Waals surface area contributed by atoms with Gasteiger partial charge in [0.05, 0.1) is 37.7 Å². The number of carbonyl (C=O) groups excluding carboxylic acids is 2. The number of aliphatic hydroxyl groups is 1. The molecule has 2 amide bonds. The SMILES string of the molecule is CCC1(O)CN(c2nc(Cl)nc(CNC(=O)[C@H](CC3CCCC3)CN(O)C=O)c2F)C1. The van der Waals surface area contributed by atoms with Crippen LogP contribution in [-0.4, -0.2) is 62.9 Å². The van der Waals surface area contributed by atoms with E-state index in [1.165, 1.54) is 0 Å². The van der Waals surface area contributed by atoms with E-state index in [0.717, 1.165) is 25.7 Å². The molecule has 1 aromatic heterocycles. The van der Waals surface area contributed by atoms with Crippen molar-refractivity contribution in [1.82, 2.24) is 20.3 Å². The molecule has 0 unspecified atom stereocenters. The molecule has 11 heteroatoms. The number of hydroxylamine groups is 2. The minimum Gasteiger partial charge on any atom is -0.386 e. The number of aromatic nitrogens is 2.